The summed E-state index contributed by atoms with van der Waals surface area (Å²) in [6.45, 7) is 3.05. The largest absolute Gasteiger partial charge is 0.426 e. The van der Waals surface area contributed by atoms with Crippen LogP contribution in [0.1, 0.15) is 12.5 Å². The number of hydrogen-bond donors (Lipinski definition) is 1. The van der Waals surface area contributed by atoms with Gasteiger partial charge < -0.3 is 4.74 Å². The van der Waals surface area contributed by atoms with E-state index in [9.17, 15) is 13.2 Å². The second kappa shape index (κ2) is 5.79. The third-order valence-corrected chi connectivity index (χ3v) is 3.41. The van der Waals surface area contributed by atoms with Crippen LogP contribution in [0, 0.1) is 6.92 Å². The minimum atomic E-state index is -3.36. The molecule has 5 nitrogen and oxygen atoms in total. The smallest absolute Gasteiger partial charge is 0.326 e. The van der Waals surface area contributed by atoms with Crippen molar-refractivity contribution in [3.8, 4) is 5.75 Å². The van der Waals surface area contributed by atoms with Gasteiger partial charge in [0.05, 0.1) is 5.75 Å². The van der Waals surface area contributed by atoms with Crippen LogP contribution < -0.4 is 9.46 Å². The number of carbonyl (C=O) groups excluding carboxylic acids is 1. The molecule has 0 saturated heterocycles. The Morgan fingerprint density at radius 1 is 1.29 bits per heavy atom. The lowest BCUT2D eigenvalue weighted by Crippen LogP contribution is -2.32. The van der Waals surface area contributed by atoms with E-state index in [1.165, 1.54) is 6.92 Å². The Morgan fingerprint density at radius 2 is 1.88 bits per heavy atom. The van der Waals surface area contributed by atoms with Crippen molar-refractivity contribution in [3.63, 3.8) is 0 Å². The predicted octanol–water partition coefficient (Wildman–Crippen LogP) is 0.840. The van der Waals surface area contributed by atoms with Crippen molar-refractivity contribution in [1.29, 1.82) is 0 Å². The third-order valence-electron chi connectivity index (χ3n) is 2.07. The third kappa shape index (κ3) is 4.97. The van der Waals surface area contributed by atoms with Crippen molar-refractivity contribution in [3.05, 3.63) is 29.8 Å². The molecule has 0 spiro atoms. The van der Waals surface area contributed by atoms with Gasteiger partial charge in [-0.05, 0) is 26.0 Å². The van der Waals surface area contributed by atoms with Crippen LogP contribution in [0.5, 0.6) is 5.75 Å². The molecule has 94 valence electrons. The zero-order chi connectivity index (χ0) is 12.9. The molecule has 0 fully saturated rings. The monoisotopic (exact) mass is 257 g/mol. The molecule has 0 atom stereocenters. The summed E-state index contributed by atoms with van der Waals surface area (Å²) in [5, 5.41) is 0. The molecule has 0 aromatic heterocycles. The molecule has 17 heavy (non-hydrogen) atoms. The number of esters is 1. The van der Waals surface area contributed by atoms with Crippen LogP contribution in [0.2, 0.25) is 0 Å². The minimum Gasteiger partial charge on any atom is -0.426 e. The van der Waals surface area contributed by atoms with Gasteiger partial charge >= 0.3 is 5.97 Å². The number of rotatable bonds is 5. The molecule has 1 N–H and O–H groups in total. The van der Waals surface area contributed by atoms with Crippen molar-refractivity contribution >= 4 is 16.0 Å². The van der Waals surface area contributed by atoms with Crippen molar-refractivity contribution in [2.75, 3.05) is 12.3 Å². The maximum atomic E-state index is 11.3. The van der Waals surface area contributed by atoms with E-state index in [2.05, 4.69) is 4.72 Å². The fourth-order valence-corrected chi connectivity index (χ4v) is 1.59. The van der Waals surface area contributed by atoms with Crippen molar-refractivity contribution in [1.82, 2.24) is 4.72 Å². The molecule has 0 aliphatic heterocycles. The van der Waals surface area contributed by atoms with Gasteiger partial charge in [-0.1, -0.05) is 17.7 Å². The van der Waals surface area contributed by atoms with Gasteiger partial charge in [-0.2, -0.15) is 0 Å². The van der Waals surface area contributed by atoms with Gasteiger partial charge in [-0.3, -0.25) is 4.79 Å². The highest BCUT2D eigenvalue weighted by atomic mass is 32.2. The van der Waals surface area contributed by atoms with Crippen LogP contribution in [0.25, 0.3) is 0 Å². The normalized spacial score (nSPS) is 11.2. The average Bonchev–Trinajstić information content (AvgIpc) is 2.30. The second-order valence-electron chi connectivity index (χ2n) is 3.51. The number of carbonyl (C=O) groups is 1. The van der Waals surface area contributed by atoms with Crippen LogP contribution in [-0.4, -0.2) is 26.7 Å². The molecule has 1 aromatic carbocycles. The topological polar surface area (TPSA) is 72.5 Å². The molecule has 0 heterocycles. The van der Waals surface area contributed by atoms with Gasteiger partial charge in [0, 0.05) is 0 Å². The predicted molar refractivity (Wildman–Crippen MR) is 64.3 cm³/mol. The molecule has 0 aliphatic rings. The van der Waals surface area contributed by atoms with Crippen LogP contribution >= 0.6 is 0 Å². The number of benzene rings is 1. The summed E-state index contributed by atoms with van der Waals surface area (Å²) >= 11 is 0. The first-order chi connectivity index (χ1) is 7.93. The van der Waals surface area contributed by atoms with Crippen LogP contribution in [0.4, 0.5) is 0 Å². The fourth-order valence-electron chi connectivity index (χ4n) is 1.04. The van der Waals surface area contributed by atoms with E-state index < -0.39 is 16.0 Å². The van der Waals surface area contributed by atoms with Crippen molar-refractivity contribution in [2.24, 2.45) is 0 Å². The Morgan fingerprint density at radius 3 is 2.41 bits per heavy atom. The fraction of sp³-hybridized carbons (Fsp3) is 0.364. The Hall–Kier alpha value is -1.40. The van der Waals surface area contributed by atoms with Gasteiger partial charge in [0.25, 0.3) is 0 Å². The molecule has 1 aromatic rings. The number of nitrogens with one attached hydrogen (secondary N) is 1. The first-order valence-electron chi connectivity index (χ1n) is 5.17. The summed E-state index contributed by atoms with van der Waals surface area (Å²) in [7, 11) is -3.36. The number of ether oxygens (including phenoxy) is 1. The molecule has 0 bridgehead atoms. The standard InChI is InChI=1S/C11H15NO4S/c1-3-17(14,15)12-8-11(13)16-10-6-4-9(2)5-7-10/h4-7,12H,3,8H2,1-2H3. The highest BCUT2D eigenvalue weighted by Gasteiger charge is 2.10. The zero-order valence-corrected chi connectivity index (χ0v) is 10.6. The first kappa shape index (κ1) is 13.7. The second-order valence-corrected chi connectivity index (χ2v) is 5.61. The lowest BCUT2D eigenvalue weighted by Gasteiger charge is -2.05. The van der Waals surface area contributed by atoms with E-state index in [1.807, 2.05) is 6.92 Å². The van der Waals surface area contributed by atoms with E-state index in [1.54, 1.807) is 24.3 Å². The van der Waals surface area contributed by atoms with Crippen molar-refractivity contribution in [2.45, 2.75) is 13.8 Å². The van der Waals surface area contributed by atoms with Crippen LogP contribution in [-0.2, 0) is 14.8 Å². The van der Waals surface area contributed by atoms with Gasteiger partial charge in [0.15, 0.2) is 0 Å². The number of aryl methyl sites for hydroxylation is 1. The SMILES string of the molecule is CCS(=O)(=O)NCC(=O)Oc1ccc(C)cc1. The number of hydrogen-bond acceptors (Lipinski definition) is 4. The van der Waals surface area contributed by atoms with Gasteiger partial charge in [0.1, 0.15) is 12.3 Å². The van der Waals surface area contributed by atoms with E-state index in [0.717, 1.165) is 5.56 Å². The van der Waals surface area contributed by atoms with Crippen LogP contribution in [0.15, 0.2) is 24.3 Å². The lowest BCUT2D eigenvalue weighted by atomic mass is 10.2. The van der Waals surface area contributed by atoms with Crippen LogP contribution in [0.3, 0.4) is 0 Å². The maximum Gasteiger partial charge on any atom is 0.326 e. The summed E-state index contributed by atoms with van der Waals surface area (Å²) in [4.78, 5) is 11.3. The molecule has 0 amide bonds. The summed E-state index contributed by atoms with van der Waals surface area (Å²) in [6, 6.07) is 6.92. The van der Waals surface area contributed by atoms with E-state index >= 15 is 0 Å². The highest BCUT2D eigenvalue weighted by Crippen LogP contribution is 2.11. The van der Waals surface area contributed by atoms with Crippen molar-refractivity contribution < 1.29 is 17.9 Å². The maximum absolute atomic E-state index is 11.3. The summed E-state index contributed by atoms with van der Waals surface area (Å²) < 4.78 is 29.2. The first-order valence-corrected chi connectivity index (χ1v) is 6.83. The zero-order valence-electron chi connectivity index (χ0n) is 9.76. The molecule has 0 saturated carbocycles. The Balaban J connectivity index is 2.48. The molecule has 0 unspecified atom stereocenters. The molecule has 0 aliphatic carbocycles. The Kier molecular flexibility index (Phi) is 4.65. The quantitative estimate of drug-likeness (QED) is 0.626. The summed E-state index contributed by atoms with van der Waals surface area (Å²) in [6.07, 6.45) is 0. The molecular weight excluding hydrogens is 242 g/mol. The minimum absolute atomic E-state index is 0.0647. The van der Waals surface area contributed by atoms with E-state index in [0.29, 0.717) is 5.75 Å². The number of sulfonamides is 1. The summed E-state index contributed by atoms with van der Waals surface area (Å²) in [5.74, 6) is -0.299. The lowest BCUT2D eigenvalue weighted by molar-refractivity contribution is -0.133. The average molecular weight is 257 g/mol. The van der Waals surface area contributed by atoms with E-state index in [-0.39, 0.29) is 12.3 Å². The molecule has 6 heteroatoms. The van der Waals surface area contributed by atoms with E-state index in [4.69, 9.17) is 4.74 Å². The Bertz CT molecular complexity index is 479. The summed E-state index contributed by atoms with van der Waals surface area (Å²) in [5.41, 5.74) is 1.05. The molecule has 1 rings (SSSR count). The molecule has 0 radical (unpaired) electrons. The molecular formula is C11H15NO4S. The highest BCUT2D eigenvalue weighted by molar-refractivity contribution is 7.89. The van der Waals surface area contributed by atoms with Gasteiger partial charge in [0.2, 0.25) is 10.0 Å². The Labute approximate surface area is 101 Å². The van der Waals surface area contributed by atoms with Gasteiger partial charge in [-0.15, -0.1) is 0 Å². The van der Waals surface area contributed by atoms with Gasteiger partial charge in [-0.25, -0.2) is 13.1 Å².